The second-order valence-electron chi connectivity index (χ2n) is 9.03. The van der Waals surface area contributed by atoms with Crippen molar-refractivity contribution in [1.82, 2.24) is 0 Å². The maximum absolute atomic E-state index is 14.0. The van der Waals surface area contributed by atoms with Crippen LogP contribution in [0.4, 0.5) is 10.7 Å². The second kappa shape index (κ2) is 10.0. The van der Waals surface area contributed by atoms with Gasteiger partial charge in [-0.3, -0.25) is 14.4 Å². The predicted molar refractivity (Wildman–Crippen MR) is 140 cm³/mol. The number of amides is 2. The molecule has 3 atom stereocenters. The van der Waals surface area contributed by atoms with E-state index < -0.39 is 41.8 Å². The van der Waals surface area contributed by atoms with Gasteiger partial charge in [-0.2, -0.15) is 0 Å². The summed E-state index contributed by atoms with van der Waals surface area (Å²) in [6.45, 7) is 5.32. The molecule has 10 heteroatoms. The lowest BCUT2D eigenvalue weighted by Gasteiger charge is -2.28. The van der Waals surface area contributed by atoms with Crippen molar-refractivity contribution in [2.24, 2.45) is 5.92 Å². The first-order valence-corrected chi connectivity index (χ1v) is 12.9. The number of nitrogens with zero attached hydrogens (tertiary/aromatic N) is 2. The number of methoxy groups -OCH3 is 1. The molecule has 196 valence electrons. The van der Waals surface area contributed by atoms with Gasteiger partial charge < -0.3 is 9.47 Å². The number of imide groups is 1. The molecule has 2 fully saturated rings. The Morgan fingerprint density at radius 3 is 2.29 bits per heavy atom. The van der Waals surface area contributed by atoms with Gasteiger partial charge in [0.1, 0.15) is 15.8 Å². The monoisotopic (exact) mass is 534 g/mol. The number of anilines is 2. The number of hydrogen-bond acceptors (Lipinski definition) is 9. The summed E-state index contributed by atoms with van der Waals surface area (Å²) >= 11 is 0.857. The summed E-state index contributed by atoms with van der Waals surface area (Å²) in [4.78, 5) is 60.4. The molecule has 0 spiro atoms. The van der Waals surface area contributed by atoms with Crippen molar-refractivity contribution in [1.29, 1.82) is 0 Å². The summed E-state index contributed by atoms with van der Waals surface area (Å²) < 4.78 is 10.1. The topological polar surface area (TPSA) is 102 Å². The number of benzene rings is 2. The molecule has 0 bridgehead atoms. The number of thiophene rings is 1. The number of aryl methyl sites for hydroxylation is 1. The van der Waals surface area contributed by atoms with Crippen LogP contribution in [0.3, 0.4) is 0 Å². The number of rotatable bonds is 6. The van der Waals surface area contributed by atoms with Crippen LogP contribution in [-0.2, 0) is 23.9 Å². The normalized spacial score (nSPS) is 20.6. The SMILES string of the molecule is CCOC(=O)c1sc(N2C(=O)C3ON(c4ccccc4)C(c4ccc(C)cc4)C3C2=O)c(C(=O)OC)c1C. The molecule has 0 radical (unpaired) electrons. The molecule has 2 aromatic carbocycles. The van der Waals surface area contributed by atoms with E-state index in [1.165, 1.54) is 7.11 Å². The molecule has 3 aromatic rings. The first-order chi connectivity index (χ1) is 18.3. The molecular weight excluding hydrogens is 508 g/mol. The Bertz CT molecular complexity index is 1420. The first kappa shape index (κ1) is 25.6. The summed E-state index contributed by atoms with van der Waals surface area (Å²) in [6.07, 6.45) is -1.12. The van der Waals surface area contributed by atoms with E-state index in [2.05, 4.69) is 0 Å². The average Bonchev–Trinajstić information content (AvgIpc) is 3.55. The van der Waals surface area contributed by atoms with Gasteiger partial charge in [-0.1, -0.05) is 48.0 Å². The fourth-order valence-electron chi connectivity index (χ4n) is 4.91. The molecule has 38 heavy (non-hydrogen) atoms. The van der Waals surface area contributed by atoms with Crippen molar-refractivity contribution < 1.29 is 33.5 Å². The van der Waals surface area contributed by atoms with E-state index in [0.717, 1.165) is 27.4 Å². The molecule has 0 aliphatic carbocycles. The van der Waals surface area contributed by atoms with E-state index in [1.54, 1.807) is 18.9 Å². The zero-order valence-corrected chi connectivity index (χ0v) is 22.1. The summed E-state index contributed by atoms with van der Waals surface area (Å²) in [7, 11) is 1.20. The minimum atomic E-state index is -1.12. The van der Waals surface area contributed by atoms with Crippen LogP contribution in [0.2, 0.25) is 0 Å². The standard InChI is InChI=1S/C28H26N2O7S/c1-5-36-28(34)23-16(3)19(27(33)35-4)26(38-23)29-24(31)20-21(17-13-11-15(2)12-14-17)30(37-22(20)25(29)32)18-9-7-6-8-10-18/h6-14,20-22H,5H2,1-4H3. The summed E-state index contributed by atoms with van der Waals surface area (Å²) in [5, 5.41) is 1.64. The summed E-state index contributed by atoms with van der Waals surface area (Å²) in [6, 6.07) is 16.4. The lowest BCUT2D eigenvalue weighted by atomic mass is 9.90. The van der Waals surface area contributed by atoms with E-state index in [-0.39, 0.29) is 27.6 Å². The maximum atomic E-state index is 14.0. The number of ether oxygens (including phenoxy) is 2. The van der Waals surface area contributed by atoms with E-state index in [0.29, 0.717) is 5.69 Å². The van der Waals surface area contributed by atoms with E-state index in [1.807, 2.05) is 61.5 Å². The Morgan fingerprint density at radius 2 is 1.66 bits per heavy atom. The highest BCUT2D eigenvalue weighted by Gasteiger charge is 2.61. The predicted octanol–water partition coefficient (Wildman–Crippen LogP) is 4.38. The zero-order valence-electron chi connectivity index (χ0n) is 21.3. The minimum absolute atomic E-state index is 0.0194. The summed E-state index contributed by atoms with van der Waals surface area (Å²) in [5.74, 6) is -3.42. The number of fused-ring (bicyclic) bond motifs is 1. The lowest BCUT2D eigenvalue weighted by Crippen LogP contribution is -2.37. The van der Waals surface area contributed by atoms with Crippen LogP contribution < -0.4 is 9.96 Å². The Labute approximate surface area is 223 Å². The number of carbonyl (C=O) groups is 4. The maximum Gasteiger partial charge on any atom is 0.348 e. The van der Waals surface area contributed by atoms with E-state index >= 15 is 0 Å². The number of para-hydroxylation sites is 1. The van der Waals surface area contributed by atoms with Crippen molar-refractivity contribution in [2.75, 3.05) is 23.7 Å². The third-order valence-electron chi connectivity index (χ3n) is 6.73. The zero-order chi connectivity index (χ0) is 27.1. The number of hydroxylamine groups is 1. The Balaban J connectivity index is 1.61. The van der Waals surface area contributed by atoms with E-state index in [4.69, 9.17) is 14.3 Å². The Hall–Kier alpha value is -4.02. The molecule has 3 heterocycles. The molecular formula is C28H26N2O7S. The lowest BCUT2D eigenvalue weighted by molar-refractivity contribution is -0.126. The van der Waals surface area contributed by atoms with Gasteiger partial charge in [-0.25, -0.2) is 19.6 Å². The quantitative estimate of drug-likeness (QED) is 0.339. The van der Waals surface area contributed by atoms with Crippen molar-refractivity contribution >= 4 is 45.8 Å². The van der Waals surface area contributed by atoms with Crippen molar-refractivity contribution in [3.63, 3.8) is 0 Å². The van der Waals surface area contributed by atoms with Crippen LogP contribution in [0.1, 0.15) is 49.7 Å². The van der Waals surface area contributed by atoms with Gasteiger partial charge in [-0.05, 0) is 44.0 Å². The van der Waals surface area contributed by atoms with Crippen molar-refractivity contribution in [2.45, 2.75) is 32.9 Å². The summed E-state index contributed by atoms with van der Waals surface area (Å²) in [5.41, 5.74) is 2.82. The molecule has 1 aromatic heterocycles. The molecule has 3 unspecified atom stereocenters. The highest BCUT2D eigenvalue weighted by molar-refractivity contribution is 7.19. The molecule has 2 saturated heterocycles. The molecule has 0 saturated carbocycles. The van der Waals surface area contributed by atoms with Crippen LogP contribution in [0, 0.1) is 19.8 Å². The van der Waals surface area contributed by atoms with E-state index in [9.17, 15) is 19.2 Å². The Kier molecular flexibility index (Phi) is 6.77. The Morgan fingerprint density at radius 1 is 0.974 bits per heavy atom. The highest BCUT2D eigenvalue weighted by Crippen LogP contribution is 2.49. The van der Waals surface area contributed by atoms with Crippen LogP contribution in [0.15, 0.2) is 54.6 Å². The first-order valence-electron chi connectivity index (χ1n) is 12.1. The number of carbonyl (C=O) groups excluding carboxylic acids is 4. The second-order valence-corrected chi connectivity index (χ2v) is 10.0. The van der Waals surface area contributed by atoms with Gasteiger partial charge >= 0.3 is 11.9 Å². The number of esters is 2. The molecule has 2 aliphatic heterocycles. The molecule has 5 rings (SSSR count). The van der Waals surface area contributed by atoms with Crippen molar-refractivity contribution in [3.05, 3.63) is 81.7 Å². The van der Waals surface area contributed by atoms with Crippen molar-refractivity contribution in [3.8, 4) is 0 Å². The van der Waals surface area contributed by atoms with Crippen LogP contribution in [0.5, 0.6) is 0 Å². The van der Waals surface area contributed by atoms with Crippen LogP contribution in [0.25, 0.3) is 0 Å². The smallest absolute Gasteiger partial charge is 0.348 e. The largest absolute Gasteiger partial charge is 0.465 e. The molecule has 0 N–H and O–H groups in total. The fourth-order valence-corrected chi connectivity index (χ4v) is 6.11. The van der Waals surface area contributed by atoms with Gasteiger partial charge in [0.05, 0.1) is 31.0 Å². The van der Waals surface area contributed by atoms with Crippen LogP contribution in [-0.4, -0.2) is 43.6 Å². The third kappa shape index (κ3) is 4.06. The molecule has 2 aliphatic rings. The molecule has 2 amide bonds. The number of hydrogen-bond donors (Lipinski definition) is 0. The van der Waals surface area contributed by atoms with Gasteiger partial charge in [0.15, 0.2) is 6.10 Å². The fraction of sp³-hybridized carbons (Fsp3) is 0.286. The van der Waals surface area contributed by atoms with Crippen LogP contribution >= 0.6 is 11.3 Å². The van der Waals surface area contributed by atoms with Gasteiger partial charge in [0, 0.05) is 0 Å². The minimum Gasteiger partial charge on any atom is -0.465 e. The molecule has 9 nitrogen and oxygen atoms in total. The van der Waals surface area contributed by atoms with Gasteiger partial charge in [-0.15, -0.1) is 11.3 Å². The third-order valence-corrected chi connectivity index (χ3v) is 7.98. The van der Waals surface area contributed by atoms with Gasteiger partial charge in [0.2, 0.25) is 5.91 Å². The highest BCUT2D eigenvalue weighted by atomic mass is 32.1. The van der Waals surface area contributed by atoms with Gasteiger partial charge in [0.25, 0.3) is 5.91 Å². The average molecular weight is 535 g/mol.